The lowest BCUT2D eigenvalue weighted by Gasteiger charge is -2.14. The van der Waals surface area contributed by atoms with E-state index in [0.717, 1.165) is 41.1 Å². The van der Waals surface area contributed by atoms with Crippen LogP contribution in [-0.2, 0) is 0 Å². The summed E-state index contributed by atoms with van der Waals surface area (Å²) < 4.78 is 0. The molecule has 0 saturated heterocycles. The van der Waals surface area contributed by atoms with Gasteiger partial charge in [0.2, 0.25) is 0 Å². The highest BCUT2D eigenvalue weighted by Gasteiger charge is 2.07. The molecule has 26 heavy (non-hydrogen) atoms. The molecule has 0 radical (unpaired) electrons. The number of hydrogen-bond acceptors (Lipinski definition) is 4. The van der Waals surface area contributed by atoms with Crippen LogP contribution in [0, 0.1) is 0 Å². The standard InChI is InChI=1S/C21H26N4O/c1-24(2)11-10-22-17-7-5-6-16(12-17)20-13-15-8-9-18(25(3)4)14-19(15)21(26)23-20/h5-9,12-14,22H,10-11H2,1-4H3,(H,23,26). The lowest BCUT2D eigenvalue weighted by molar-refractivity contribution is 0.425. The Kier molecular flexibility index (Phi) is 5.28. The van der Waals surface area contributed by atoms with Crippen molar-refractivity contribution in [1.82, 2.24) is 9.88 Å². The van der Waals surface area contributed by atoms with Crippen LogP contribution in [0.2, 0.25) is 0 Å². The predicted octanol–water partition coefficient (Wildman–Crippen LogP) is 3.23. The summed E-state index contributed by atoms with van der Waals surface area (Å²) in [6.45, 7) is 1.84. The van der Waals surface area contributed by atoms with Crippen molar-refractivity contribution in [2.45, 2.75) is 0 Å². The molecule has 3 aromatic rings. The van der Waals surface area contributed by atoms with Gasteiger partial charge in [-0.1, -0.05) is 18.2 Å². The topological polar surface area (TPSA) is 51.4 Å². The molecule has 0 fully saturated rings. The van der Waals surface area contributed by atoms with Gasteiger partial charge >= 0.3 is 0 Å². The molecular formula is C21H26N4O. The van der Waals surface area contributed by atoms with Gasteiger partial charge in [0.25, 0.3) is 5.56 Å². The van der Waals surface area contributed by atoms with E-state index in [-0.39, 0.29) is 5.56 Å². The number of aromatic amines is 1. The molecule has 0 saturated carbocycles. The molecule has 3 rings (SSSR count). The van der Waals surface area contributed by atoms with Crippen LogP contribution < -0.4 is 15.8 Å². The zero-order valence-electron chi connectivity index (χ0n) is 15.8. The third-order valence-electron chi connectivity index (χ3n) is 4.41. The maximum atomic E-state index is 12.6. The van der Waals surface area contributed by atoms with E-state index >= 15 is 0 Å². The summed E-state index contributed by atoms with van der Waals surface area (Å²) in [5, 5.41) is 5.07. The maximum Gasteiger partial charge on any atom is 0.256 e. The third-order valence-corrected chi connectivity index (χ3v) is 4.41. The van der Waals surface area contributed by atoms with Crippen LogP contribution in [0.4, 0.5) is 11.4 Å². The molecule has 2 aromatic carbocycles. The number of H-pyrrole nitrogens is 1. The van der Waals surface area contributed by atoms with E-state index in [1.165, 1.54) is 0 Å². The van der Waals surface area contributed by atoms with Crippen molar-refractivity contribution in [3.05, 3.63) is 58.9 Å². The summed E-state index contributed by atoms with van der Waals surface area (Å²) in [5.74, 6) is 0. The van der Waals surface area contributed by atoms with Crippen LogP contribution >= 0.6 is 0 Å². The van der Waals surface area contributed by atoms with Crippen molar-refractivity contribution in [2.75, 3.05) is 51.5 Å². The highest BCUT2D eigenvalue weighted by molar-refractivity contribution is 5.88. The molecule has 136 valence electrons. The van der Waals surface area contributed by atoms with Crippen LogP contribution in [0.1, 0.15) is 0 Å². The maximum absolute atomic E-state index is 12.6. The summed E-state index contributed by atoms with van der Waals surface area (Å²) in [4.78, 5) is 19.7. The van der Waals surface area contributed by atoms with E-state index in [4.69, 9.17) is 0 Å². The second-order valence-corrected chi connectivity index (χ2v) is 6.99. The van der Waals surface area contributed by atoms with Gasteiger partial charge in [-0.25, -0.2) is 0 Å². The molecule has 0 bridgehead atoms. The Balaban J connectivity index is 1.93. The van der Waals surface area contributed by atoms with E-state index in [1.54, 1.807) is 0 Å². The molecule has 0 aliphatic heterocycles. The van der Waals surface area contributed by atoms with Crippen LogP contribution in [0.25, 0.3) is 22.0 Å². The highest BCUT2D eigenvalue weighted by Crippen LogP contribution is 2.24. The average molecular weight is 350 g/mol. The van der Waals surface area contributed by atoms with Crippen molar-refractivity contribution in [3.63, 3.8) is 0 Å². The minimum Gasteiger partial charge on any atom is -0.384 e. The van der Waals surface area contributed by atoms with Gasteiger partial charge in [-0.2, -0.15) is 0 Å². The number of hydrogen-bond donors (Lipinski definition) is 2. The fourth-order valence-electron chi connectivity index (χ4n) is 2.90. The summed E-state index contributed by atoms with van der Waals surface area (Å²) >= 11 is 0. The van der Waals surface area contributed by atoms with Crippen molar-refractivity contribution in [1.29, 1.82) is 0 Å². The molecule has 1 heterocycles. The lowest BCUT2D eigenvalue weighted by atomic mass is 10.1. The van der Waals surface area contributed by atoms with Crippen molar-refractivity contribution < 1.29 is 0 Å². The molecule has 1 aromatic heterocycles. The van der Waals surface area contributed by atoms with Crippen molar-refractivity contribution in [2.24, 2.45) is 0 Å². The number of nitrogens with zero attached hydrogens (tertiary/aromatic N) is 2. The Morgan fingerprint density at radius 2 is 1.81 bits per heavy atom. The van der Waals surface area contributed by atoms with E-state index in [1.807, 2.05) is 61.5 Å². The smallest absolute Gasteiger partial charge is 0.256 e. The van der Waals surface area contributed by atoms with Crippen LogP contribution in [-0.4, -0.2) is 51.2 Å². The fourth-order valence-corrected chi connectivity index (χ4v) is 2.90. The minimum atomic E-state index is -0.0628. The summed E-state index contributed by atoms with van der Waals surface area (Å²) in [5.41, 5.74) is 3.83. The van der Waals surface area contributed by atoms with Crippen molar-refractivity contribution in [3.8, 4) is 11.3 Å². The number of likely N-dealkylation sites (N-methyl/N-ethyl adjacent to an activating group) is 1. The first-order valence-electron chi connectivity index (χ1n) is 8.77. The highest BCUT2D eigenvalue weighted by atomic mass is 16.1. The van der Waals surface area contributed by atoms with Crippen LogP contribution in [0.15, 0.2) is 53.3 Å². The van der Waals surface area contributed by atoms with Gasteiger partial charge in [0.15, 0.2) is 0 Å². The molecule has 0 aliphatic carbocycles. The number of nitrogens with one attached hydrogen (secondary N) is 2. The Morgan fingerprint density at radius 3 is 2.54 bits per heavy atom. The van der Waals surface area contributed by atoms with E-state index < -0.39 is 0 Å². The predicted molar refractivity (Wildman–Crippen MR) is 111 cm³/mol. The molecular weight excluding hydrogens is 324 g/mol. The number of rotatable bonds is 6. The second-order valence-electron chi connectivity index (χ2n) is 6.99. The number of pyridine rings is 1. The molecule has 5 nitrogen and oxygen atoms in total. The van der Waals surface area contributed by atoms with Gasteiger partial charge < -0.3 is 20.1 Å². The molecule has 0 atom stereocenters. The fraction of sp³-hybridized carbons (Fsp3) is 0.286. The number of fused-ring (bicyclic) bond motifs is 1. The first-order chi connectivity index (χ1) is 12.4. The van der Waals surface area contributed by atoms with Gasteiger partial charge in [-0.3, -0.25) is 4.79 Å². The minimum absolute atomic E-state index is 0.0628. The average Bonchev–Trinajstić information content (AvgIpc) is 2.61. The Labute approximate surface area is 154 Å². The Hall–Kier alpha value is -2.79. The summed E-state index contributed by atoms with van der Waals surface area (Å²) in [6, 6.07) is 16.1. The first-order valence-corrected chi connectivity index (χ1v) is 8.77. The number of aromatic nitrogens is 1. The normalized spacial score (nSPS) is 11.1. The molecule has 0 aliphatic rings. The van der Waals surface area contributed by atoms with Gasteiger partial charge in [0.1, 0.15) is 0 Å². The number of anilines is 2. The van der Waals surface area contributed by atoms with Gasteiger partial charge in [0, 0.05) is 55.2 Å². The zero-order valence-corrected chi connectivity index (χ0v) is 15.8. The molecule has 0 unspecified atom stereocenters. The van der Waals surface area contributed by atoms with Gasteiger partial charge in [-0.15, -0.1) is 0 Å². The SMILES string of the molecule is CN(C)CCNc1cccc(-c2cc3ccc(N(C)C)cc3c(=O)[nH]2)c1. The molecule has 0 spiro atoms. The van der Waals surface area contributed by atoms with Crippen LogP contribution in [0.5, 0.6) is 0 Å². The van der Waals surface area contributed by atoms with E-state index in [0.29, 0.717) is 5.39 Å². The largest absolute Gasteiger partial charge is 0.384 e. The van der Waals surface area contributed by atoms with E-state index in [2.05, 4.69) is 35.4 Å². The van der Waals surface area contributed by atoms with E-state index in [9.17, 15) is 4.79 Å². The quantitative estimate of drug-likeness (QED) is 0.717. The Bertz CT molecular complexity index is 960. The second kappa shape index (κ2) is 7.62. The summed E-state index contributed by atoms with van der Waals surface area (Å²) in [6.07, 6.45) is 0. The number of benzene rings is 2. The third kappa shape index (κ3) is 4.06. The molecule has 5 heteroatoms. The van der Waals surface area contributed by atoms with Crippen LogP contribution in [0.3, 0.4) is 0 Å². The lowest BCUT2D eigenvalue weighted by Crippen LogP contribution is -2.20. The molecule has 0 amide bonds. The molecule has 2 N–H and O–H groups in total. The summed E-state index contributed by atoms with van der Waals surface area (Å²) in [7, 11) is 8.05. The Morgan fingerprint density at radius 1 is 1.00 bits per heavy atom. The zero-order chi connectivity index (χ0) is 18.7. The van der Waals surface area contributed by atoms with Crippen molar-refractivity contribution >= 4 is 22.1 Å². The first kappa shape index (κ1) is 18.0. The van der Waals surface area contributed by atoms with Gasteiger partial charge in [0.05, 0.1) is 0 Å². The monoisotopic (exact) mass is 350 g/mol. The van der Waals surface area contributed by atoms with Gasteiger partial charge in [-0.05, 0) is 49.8 Å².